The van der Waals surface area contributed by atoms with Gasteiger partial charge in [-0.05, 0) is 69.3 Å². The molecule has 0 radical (unpaired) electrons. The highest BCUT2D eigenvalue weighted by atomic mass is 16.5. The van der Waals surface area contributed by atoms with Crippen LogP contribution in [0.5, 0.6) is 5.88 Å². The predicted octanol–water partition coefficient (Wildman–Crippen LogP) is 4.25. The molecule has 2 bridgehead atoms. The standard InChI is InChI=1S/C25H40N4O3/c1-16(2)15-32-24-21(14-26-29(24)11-10-25(5,6)28-18(4)30)23(31)27-22-19-8-7-9-20(22)13-17(3)12-19/h10-11,14,16-17,19-20,22H,7-9,12-13,15H2,1-6H3,(H,27,31)(H,28,30)/b11-10+/t17-,19?,20?,22-. The van der Waals surface area contributed by atoms with Gasteiger partial charge >= 0.3 is 0 Å². The normalized spacial score (nSPS) is 25.7. The van der Waals surface area contributed by atoms with E-state index in [0.717, 1.165) is 5.92 Å². The van der Waals surface area contributed by atoms with Gasteiger partial charge in [0.15, 0.2) is 0 Å². The van der Waals surface area contributed by atoms with Crippen LogP contribution >= 0.6 is 0 Å². The van der Waals surface area contributed by atoms with E-state index in [1.165, 1.54) is 39.0 Å². The predicted molar refractivity (Wildman–Crippen MR) is 126 cm³/mol. The second-order valence-corrected chi connectivity index (χ2v) is 10.8. The quantitative estimate of drug-likeness (QED) is 0.628. The van der Waals surface area contributed by atoms with Crippen LogP contribution in [0, 0.1) is 23.7 Å². The SMILES string of the molecule is CC(=O)NC(C)(C)/C=C/n1ncc(C(=O)N[C@H]2C3CCCC2C[C@@H](C)C3)c1OCC(C)C. The molecule has 2 amide bonds. The Balaban J connectivity index is 1.80. The summed E-state index contributed by atoms with van der Waals surface area (Å²) in [5.74, 6) is 2.41. The van der Waals surface area contributed by atoms with Crippen LogP contribution in [0.15, 0.2) is 12.3 Å². The molecule has 7 heteroatoms. The van der Waals surface area contributed by atoms with Crippen LogP contribution in [0.25, 0.3) is 6.20 Å². The van der Waals surface area contributed by atoms with Crippen molar-refractivity contribution < 1.29 is 14.3 Å². The molecule has 3 rings (SSSR count). The molecule has 0 aliphatic heterocycles. The van der Waals surface area contributed by atoms with E-state index in [2.05, 4.69) is 36.5 Å². The lowest BCUT2D eigenvalue weighted by atomic mass is 9.65. The molecule has 2 N–H and O–H groups in total. The second kappa shape index (κ2) is 10.1. The smallest absolute Gasteiger partial charge is 0.258 e. The van der Waals surface area contributed by atoms with Gasteiger partial charge in [-0.2, -0.15) is 5.10 Å². The van der Waals surface area contributed by atoms with Crippen LogP contribution in [-0.2, 0) is 4.79 Å². The van der Waals surface area contributed by atoms with Crippen molar-refractivity contribution in [3.8, 4) is 5.88 Å². The van der Waals surface area contributed by atoms with Gasteiger partial charge in [0.1, 0.15) is 5.56 Å². The van der Waals surface area contributed by atoms with Crippen molar-refractivity contribution in [3.05, 3.63) is 17.8 Å². The van der Waals surface area contributed by atoms with Crippen molar-refractivity contribution in [2.45, 2.75) is 85.2 Å². The van der Waals surface area contributed by atoms with Gasteiger partial charge in [-0.25, -0.2) is 4.68 Å². The van der Waals surface area contributed by atoms with Crippen molar-refractivity contribution in [1.29, 1.82) is 0 Å². The Morgan fingerprint density at radius 3 is 2.53 bits per heavy atom. The monoisotopic (exact) mass is 444 g/mol. The molecule has 1 heterocycles. The number of nitrogens with one attached hydrogen (secondary N) is 2. The van der Waals surface area contributed by atoms with E-state index in [1.807, 2.05) is 19.9 Å². The van der Waals surface area contributed by atoms with Crippen molar-refractivity contribution in [2.24, 2.45) is 23.7 Å². The number of amides is 2. The minimum Gasteiger partial charge on any atom is -0.477 e. The molecule has 1 aromatic heterocycles. The maximum Gasteiger partial charge on any atom is 0.258 e. The number of rotatable bonds is 8. The third kappa shape index (κ3) is 6.14. The molecule has 2 unspecified atom stereocenters. The van der Waals surface area contributed by atoms with E-state index in [0.29, 0.717) is 35.8 Å². The molecule has 2 fully saturated rings. The highest BCUT2D eigenvalue weighted by molar-refractivity contribution is 5.96. The summed E-state index contributed by atoms with van der Waals surface area (Å²) in [6.45, 7) is 12.3. The van der Waals surface area contributed by atoms with Gasteiger partial charge in [0.25, 0.3) is 5.91 Å². The zero-order valence-electron chi connectivity index (χ0n) is 20.5. The molecular formula is C25H40N4O3. The van der Waals surface area contributed by atoms with E-state index in [9.17, 15) is 9.59 Å². The molecule has 2 aliphatic rings. The molecule has 0 aromatic carbocycles. The molecule has 0 spiro atoms. The zero-order valence-corrected chi connectivity index (χ0v) is 20.5. The van der Waals surface area contributed by atoms with E-state index >= 15 is 0 Å². The Bertz CT molecular complexity index is 828. The number of aromatic nitrogens is 2. The van der Waals surface area contributed by atoms with Crippen molar-refractivity contribution in [1.82, 2.24) is 20.4 Å². The van der Waals surface area contributed by atoms with Crippen LogP contribution in [0.4, 0.5) is 0 Å². The van der Waals surface area contributed by atoms with Gasteiger partial charge in [-0.15, -0.1) is 0 Å². The Labute approximate surface area is 192 Å². The zero-order chi connectivity index (χ0) is 23.5. The summed E-state index contributed by atoms with van der Waals surface area (Å²) < 4.78 is 7.63. The Morgan fingerprint density at radius 2 is 1.94 bits per heavy atom. The molecule has 7 nitrogen and oxygen atoms in total. The van der Waals surface area contributed by atoms with Crippen LogP contribution in [-0.4, -0.2) is 39.8 Å². The van der Waals surface area contributed by atoms with E-state index < -0.39 is 5.54 Å². The molecular weight excluding hydrogens is 404 g/mol. The van der Waals surface area contributed by atoms with Gasteiger partial charge < -0.3 is 15.4 Å². The Hall–Kier alpha value is -2.31. The molecule has 32 heavy (non-hydrogen) atoms. The average Bonchev–Trinajstić information content (AvgIpc) is 3.07. The summed E-state index contributed by atoms with van der Waals surface area (Å²) in [7, 11) is 0. The topological polar surface area (TPSA) is 85.2 Å². The molecule has 2 aliphatic carbocycles. The van der Waals surface area contributed by atoms with Crippen molar-refractivity contribution in [2.75, 3.05) is 6.61 Å². The number of ether oxygens (including phenoxy) is 1. The minimum absolute atomic E-state index is 0.108. The van der Waals surface area contributed by atoms with E-state index in [1.54, 1.807) is 17.1 Å². The highest BCUT2D eigenvalue weighted by Crippen LogP contribution is 2.42. The number of carbonyl (C=O) groups excluding carboxylic acids is 2. The van der Waals surface area contributed by atoms with Crippen LogP contribution < -0.4 is 15.4 Å². The molecule has 1 aromatic rings. The lowest BCUT2D eigenvalue weighted by Crippen LogP contribution is -2.51. The van der Waals surface area contributed by atoms with Crippen LogP contribution in [0.3, 0.4) is 0 Å². The van der Waals surface area contributed by atoms with Crippen LogP contribution in [0.2, 0.25) is 0 Å². The Kier molecular flexibility index (Phi) is 7.67. The summed E-state index contributed by atoms with van der Waals surface area (Å²) in [5.41, 5.74) is -0.0875. The lowest BCUT2D eigenvalue weighted by Gasteiger charge is -2.45. The first-order chi connectivity index (χ1) is 15.1. The third-order valence-electron chi connectivity index (χ3n) is 6.55. The van der Waals surface area contributed by atoms with E-state index in [-0.39, 0.29) is 17.9 Å². The number of hydrogen-bond donors (Lipinski definition) is 2. The maximum atomic E-state index is 13.3. The van der Waals surface area contributed by atoms with Crippen molar-refractivity contribution in [3.63, 3.8) is 0 Å². The van der Waals surface area contributed by atoms with Crippen molar-refractivity contribution >= 4 is 18.0 Å². The highest BCUT2D eigenvalue weighted by Gasteiger charge is 2.40. The summed E-state index contributed by atoms with van der Waals surface area (Å²) in [6, 6.07) is 0.239. The second-order valence-electron chi connectivity index (χ2n) is 10.8. The first-order valence-electron chi connectivity index (χ1n) is 12.0. The summed E-state index contributed by atoms with van der Waals surface area (Å²) >= 11 is 0. The first kappa shape index (κ1) is 24.3. The first-order valence-corrected chi connectivity index (χ1v) is 12.0. The molecule has 2 atom stereocenters. The van der Waals surface area contributed by atoms with Gasteiger partial charge in [0.05, 0.1) is 18.3 Å². The molecule has 178 valence electrons. The largest absolute Gasteiger partial charge is 0.477 e. The maximum absolute atomic E-state index is 13.3. The van der Waals surface area contributed by atoms with Gasteiger partial charge in [0.2, 0.25) is 11.8 Å². The van der Waals surface area contributed by atoms with Gasteiger partial charge in [-0.1, -0.05) is 27.2 Å². The third-order valence-corrected chi connectivity index (χ3v) is 6.55. The number of nitrogens with zero attached hydrogens (tertiary/aromatic N) is 2. The molecule has 0 saturated heterocycles. The van der Waals surface area contributed by atoms with Gasteiger partial charge in [0, 0.05) is 19.2 Å². The fourth-order valence-electron chi connectivity index (χ4n) is 5.26. The van der Waals surface area contributed by atoms with Gasteiger partial charge in [-0.3, -0.25) is 9.59 Å². The Morgan fingerprint density at radius 1 is 1.28 bits per heavy atom. The van der Waals surface area contributed by atoms with E-state index in [4.69, 9.17) is 4.74 Å². The van der Waals surface area contributed by atoms with Crippen LogP contribution in [0.1, 0.15) is 84.0 Å². The fourth-order valence-corrected chi connectivity index (χ4v) is 5.26. The number of carbonyl (C=O) groups is 2. The average molecular weight is 445 g/mol. The minimum atomic E-state index is -0.550. The summed E-state index contributed by atoms with van der Waals surface area (Å²) in [4.78, 5) is 24.8. The summed E-state index contributed by atoms with van der Waals surface area (Å²) in [6.07, 6.45) is 11.2. The fraction of sp³-hybridized carbons (Fsp3) is 0.720. The lowest BCUT2D eigenvalue weighted by molar-refractivity contribution is -0.120. The number of fused-ring (bicyclic) bond motifs is 2. The number of hydrogen-bond acceptors (Lipinski definition) is 4. The molecule has 2 saturated carbocycles. The summed E-state index contributed by atoms with van der Waals surface area (Å²) in [5, 5.41) is 10.6.